The van der Waals surface area contributed by atoms with Crippen molar-refractivity contribution >= 4 is 11.9 Å². The minimum atomic E-state index is -0.364. The minimum absolute atomic E-state index is 0.109. The van der Waals surface area contributed by atoms with Crippen LogP contribution in [0.3, 0.4) is 0 Å². The SMILES string of the molecule is CN(CC(C)(C)C)c1nc(N(C)CC(C)(C)C)[nH]c(=O)n1. The second-order valence-electron chi connectivity index (χ2n) is 8.11. The molecule has 0 amide bonds. The number of hydrogen-bond acceptors (Lipinski definition) is 5. The van der Waals surface area contributed by atoms with E-state index in [4.69, 9.17) is 0 Å². The van der Waals surface area contributed by atoms with E-state index in [0.29, 0.717) is 11.9 Å². The van der Waals surface area contributed by atoms with Crippen LogP contribution in [-0.2, 0) is 0 Å². The Morgan fingerprint density at radius 1 is 0.905 bits per heavy atom. The summed E-state index contributed by atoms with van der Waals surface area (Å²) in [6.07, 6.45) is 0. The smallest absolute Gasteiger partial charge is 0.345 e. The van der Waals surface area contributed by atoms with E-state index < -0.39 is 0 Å². The Bertz CT molecular complexity index is 481. The maximum absolute atomic E-state index is 11.8. The van der Waals surface area contributed by atoms with Gasteiger partial charge in [0.1, 0.15) is 0 Å². The molecule has 0 spiro atoms. The van der Waals surface area contributed by atoms with Crippen molar-refractivity contribution in [3.8, 4) is 0 Å². The van der Waals surface area contributed by atoms with Gasteiger partial charge in [0, 0.05) is 27.2 Å². The summed E-state index contributed by atoms with van der Waals surface area (Å²) in [5.41, 5.74) is -0.136. The number of aromatic nitrogens is 3. The topological polar surface area (TPSA) is 65.1 Å². The Morgan fingerprint density at radius 3 is 1.86 bits per heavy atom. The van der Waals surface area contributed by atoms with Crippen LogP contribution in [0.15, 0.2) is 4.79 Å². The largest absolute Gasteiger partial charge is 0.351 e. The molecule has 1 N–H and O–H groups in total. The fourth-order valence-electron chi connectivity index (χ4n) is 2.28. The molecule has 0 saturated heterocycles. The first kappa shape index (κ1) is 17.5. The van der Waals surface area contributed by atoms with Crippen LogP contribution in [0.2, 0.25) is 0 Å². The molecule has 0 bridgehead atoms. The van der Waals surface area contributed by atoms with E-state index in [2.05, 4.69) is 56.5 Å². The lowest BCUT2D eigenvalue weighted by Gasteiger charge is -2.29. The zero-order valence-electron chi connectivity index (χ0n) is 14.6. The van der Waals surface area contributed by atoms with E-state index in [-0.39, 0.29) is 16.5 Å². The molecule has 0 radical (unpaired) electrons. The number of anilines is 2. The second-order valence-corrected chi connectivity index (χ2v) is 8.11. The van der Waals surface area contributed by atoms with Crippen molar-refractivity contribution in [1.29, 1.82) is 0 Å². The fourth-order valence-corrected chi connectivity index (χ4v) is 2.28. The van der Waals surface area contributed by atoms with E-state index in [1.807, 2.05) is 23.9 Å². The summed E-state index contributed by atoms with van der Waals surface area (Å²) < 4.78 is 0. The van der Waals surface area contributed by atoms with Crippen LogP contribution >= 0.6 is 0 Å². The molecule has 0 aliphatic carbocycles. The van der Waals surface area contributed by atoms with E-state index in [1.54, 1.807) is 0 Å². The standard InChI is InChI=1S/C15H29N5O/c1-14(2,3)9-19(7)11-16-12(18-13(21)17-11)20(8)10-15(4,5)6/h9-10H2,1-8H3,(H,16,17,18,21). The van der Waals surface area contributed by atoms with Crippen LogP contribution in [0.1, 0.15) is 41.5 Å². The van der Waals surface area contributed by atoms with Gasteiger partial charge in [-0.05, 0) is 10.8 Å². The molecule has 0 atom stereocenters. The minimum Gasteiger partial charge on any atom is -0.345 e. The first-order valence-electron chi connectivity index (χ1n) is 7.28. The summed E-state index contributed by atoms with van der Waals surface area (Å²) in [7, 11) is 3.84. The van der Waals surface area contributed by atoms with Crippen molar-refractivity contribution in [3.63, 3.8) is 0 Å². The summed E-state index contributed by atoms with van der Waals surface area (Å²) >= 11 is 0. The molecule has 1 rings (SSSR count). The molecule has 0 saturated carbocycles. The highest BCUT2D eigenvalue weighted by atomic mass is 16.1. The molecule has 0 aliphatic heterocycles. The van der Waals surface area contributed by atoms with E-state index in [0.717, 1.165) is 13.1 Å². The molecule has 1 aromatic rings. The maximum atomic E-state index is 11.8. The predicted molar refractivity (Wildman–Crippen MR) is 88.1 cm³/mol. The van der Waals surface area contributed by atoms with Gasteiger partial charge in [-0.1, -0.05) is 41.5 Å². The molecule has 0 unspecified atom stereocenters. The van der Waals surface area contributed by atoms with Crippen LogP contribution < -0.4 is 15.5 Å². The van der Waals surface area contributed by atoms with Gasteiger partial charge in [0.25, 0.3) is 0 Å². The average molecular weight is 295 g/mol. The third-order valence-electron chi connectivity index (χ3n) is 2.75. The van der Waals surface area contributed by atoms with Crippen molar-refractivity contribution < 1.29 is 0 Å². The molecule has 1 aromatic heterocycles. The van der Waals surface area contributed by atoms with E-state index in [1.165, 1.54) is 0 Å². The van der Waals surface area contributed by atoms with Crippen LogP contribution in [0.25, 0.3) is 0 Å². The quantitative estimate of drug-likeness (QED) is 0.922. The summed E-state index contributed by atoms with van der Waals surface area (Å²) in [5.74, 6) is 1.02. The lowest BCUT2D eigenvalue weighted by Crippen LogP contribution is -2.35. The van der Waals surface area contributed by atoms with Crippen molar-refractivity contribution in [2.24, 2.45) is 10.8 Å². The van der Waals surface area contributed by atoms with Gasteiger partial charge in [0.15, 0.2) is 0 Å². The van der Waals surface area contributed by atoms with Crippen molar-refractivity contribution in [2.45, 2.75) is 41.5 Å². The van der Waals surface area contributed by atoms with Gasteiger partial charge in [-0.25, -0.2) is 4.79 Å². The van der Waals surface area contributed by atoms with Gasteiger partial charge in [0.05, 0.1) is 0 Å². The number of H-pyrrole nitrogens is 1. The normalized spacial score (nSPS) is 12.4. The van der Waals surface area contributed by atoms with Crippen LogP contribution in [0.5, 0.6) is 0 Å². The summed E-state index contributed by atoms with van der Waals surface area (Å²) in [6.45, 7) is 14.4. The zero-order chi connectivity index (χ0) is 16.4. The summed E-state index contributed by atoms with van der Waals surface area (Å²) in [4.78, 5) is 26.8. The highest BCUT2D eigenvalue weighted by Gasteiger charge is 2.19. The molecule has 6 heteroatoms. The molecule has 120 valence electrons. The van der Waals surface area contributed by atoms with Crippen molar-refractivity contribution in [3.05, 3.63) is 10.5 Å². The molecule has 0 fully saturated rings. The van der Waals surface area contributed by atoms with Crippen LogP contribution in [-0.4, -0.2) is 42.1 Å². The third kappa shape index (κ3) is 6.14. The Hall–Kier alpha value is -1.59. The van der Waals surface area contributed by atoms with Gasteiger partial charge in [-0.15, -0.1) is 0 Å². The third-order valence-corrected chi connectivity index (χ3v) is 2.75. The zero-order valence-corrected chi connectivity index (χ0v) is 14.6. The molecule has 0 aliphatic rings. The van der Waals surface area contributed by atoms with Gasteiger partial charge < -0.3 is 9.80 Å². The lowest BCUT2D eigenvalue weighted by molar-refractivity contribution is 0.413. The number of nitrogens with one attached hydrogen (secondary N) is 1. The highest BCUT2D eigenvalue weighted by molar-refractivity contribution is 5.36. The predicted octanol–water partition coefficient (Wildman–Crippen LogP) is 2.13. The van der Waals surface area contributed by atoms with Gasteiger partial charge in [-0.2, -0.15) is 9.97 Å². The summed E-state index contributed by atoms with van der Waals surface area (Å²) in [5, 5.41) is 0. The Balaban J connectivity index is 3.02. The fraction of sp³-hybridized carbons (Fsp3) is 0.800. The second kappa shape index (κ2) is 6.03. The number of hydrogen-bond donors (Lipinski definition) is 1. The highest BCUT2D eigenvalue weighted by Crippen LogP contribution is 2.19. The Morgan fingerprint density at radius 2 is 1.38 bits per heavy atom. The molecule has 21 heavy (non-hydrogen) atoms. The van der Waals surface area contributed by atoms with Gasteiger partial charge >= 0.3 is 5.69 Å². The first-order chi connectivity index (χ1) is 9.37. The Kier molecular flexibility index (Phi) is 5.02. The van der Waals surface area contributed by atoms with Crippen LogP contribution in [0.4, 0.5) is 11.9 Å². The monoisotopic (exact) mass is 295 g/mol. The number of rotatable bonds is 4. The average Bonchev–Trinajstić information content (AvgIpc) is 2.23. The lowest BCUT2D eigenvalue weighted by atomic mass is 9.96. The molecule has 0 aromatic carbocycles. The van der Waals surface area contributed by atoms with Crippen molar-refractivity contribution in [2.75, 3.05) is 37.0 Å². The maximum Gasteiger partial charge on any atom is 0.351 e. The Labute approximate surface area is 127 Å². The molecular weight excluding hydrogens is 266 g/mol. The molecule has 6 nitrogen and oxygen atoms in total. The van der Waals surface area contributed by atoms with Gasteiger partial charge in [-0.3, -0.25) is 4.98 Å². The number of nitrogens with zero attached hydrogens (tertiary/aromatic N) is 4. The molecular formula is C15H29N5O. The molecule has 1 heterocycles. The number of aromatic amines is 1. The van der Waals surface area contributed by atoms with E-state index >= 15 is 0 Å². The van der Waals surface area contributed by atoms with E-state index in [9.17, 15) is 4.79 Å². The van der Waals surface area contributed by atoms with Gasteiger partial charge in [0.2, 0.25) is 11.9 Å². The summed E-state index contributed by atoms with van der Waals surface area (Å²) in [6, 6.07) is 0. The van der Waals surface area contributed by atoms with Crippen molar-refractivity contribution in [1.82, 2.24) is 15.0 Å². The van der Waals surface area contributed by atoms with Crippen LogP contribution in [0, 0.1) is 10.8 Å². The first-order valence-corrected chi connectivity index (χ1v) is 7.28.